The highest BCUT2D eigenvalue weighted by Gasteiger charge is 2.49. The Labute approximate surface area is 107 Å². The molecule has 0 spiro atoms. The minimum Gasteiger partial charge on any atom is -0.480 e. The maximum Gasteiger partial charge on any atom is 0.326 e. The molecule has 0 aromatic heterocycles. The maximum absolute atomic E-state index is 12.1. The SMILES string of the molecule is O=C(O)C1C2CCCC2CN1C(=O)NCC1CC1. The van der Waals surface area contributed by atoms with Crippen molar-refractivity contribution in [1.82, 2.24) is 10.2 Å². The van der Waals surface area contributed by atoms with Crippen LogP contribution in [0.2, 0.25) is 0 Å². The summed E-state index contributed by atoms with van der Waals surface area (Å²) in [5.74, 6) is 0.359. The lowest BCUT2D eigenvalue weighted by Crippen LogP contribution is -2.48. The van der Waals surface area contributed by atoms with E-state index in [2.05, 4.69) is 5.32 Å². The molecule has 1 saturated heterocycles. The second-order valence-corrected chi connectivity index (χ2v) is 5.92. The zero-order chi connectivity index (χ0) is 12.7. The Morgan fingerprint density at radius 3 is 2.67 bits per heavy atom. The van der Waals surface area contributed by atoms with Gasteiger partial charge in [-0.25, -0.2) is 9.59 Å². The number of aliphatic carboxylic acids is 1. The first-order valence-corrected chi connectivity index (χ1v) is 6.94. The Kier molecular flexibility index (Phi) is 2.92. The number of carboxylic acid groups (broad SMARTS) is 1. The van der Waals surface area contributed by atoms with E-state index in [1.165, 1.54) is 12.8 Å². The van der Waals surface area contributed by atoms with E-state index in [9.17, 15) is 14.7 Å². The summed E-state index contributed by atoms with van der Waals surface area (Å²) in [5, 5.41) is 12.2. The van der Waals surface area contributed by atoms with Crippen molar-refractivity contribution in [2.45, 2.75) is 38.1 Å². The summed E-state index contributed by atoms with van der Waals surface area (Å²) >= 11 is 0. The van der Waals surface area contributed by atoms with Crippen molar-refractivity contribution in [1.29, 1.82) is 0 Å². The standard InChI is InChI=1S/C13H20N2O3/c16-12(17)11-10-3-1-2-9(10)7-15(11)13(18)14-6-8-4-5-8/h8-11H,1-7H2,(H,14,18)(H,16,17). The number of nitrogens with one attached hydrogen (secondary N) is 1. The molecule has 0 radical (unpaired) electrons. The van der Waals surface area contributed by atoms with E-state index in [0.717, 1.165) is 19.3 Å². The molecule has 2 aliphatic carbocycles. The van der Waals surface area contributed by atoms with Gasteiger partial charge in [0.2, 0.25) is 0 Å². The minimum absolute atomic E-state index is 0.175. The van der Waals surface area contributed by atoms with E-state index in [4.69, 9.17) is 0 Å². The quantitative estimate of drug-likeness (QED) is 0.795. The van der Waals surface area contributed by atoms with Crippen molar-refractivity contribution in [3.63, 3.8) is 0 Å². The van der Waals surface area contributed by atoms with Gasteiger partial charge in [-0.3, -0.25) is 0 Å². The predicted octanol–water partition coefficient (Wildman–Crippen LogP) is 1.29. The minimum atomic E-state index is -0.842. The molecule has 3 atom stereocenters. The average Bonchev–Trinajstić information content (AvgIpc) is 2.91. The third-order valence-corrected chi connectivity index (χ3v) is 4.64. The van der Waals surface area contributed by atoms with E-state index < -0.39 is 12.0 Å². The van der Waals surface area contributed by atoms with Crippen molar-refractivity contribution in [3.05, 3.63) is 0 Å². The second kappa shape index (κ2) is 4.44. The number of urea groups is 1. The third-order valence-electron chi connectivity index (χ3n) is 4.64. The Morgan fingerprint density at radius 2 is 2.00 bits per heavy atom. The zero-order valence-corrected chi connectivity index (χ0v) is 10.5. The molecule has 5 heteroatoms. The lowest BCUT2D eigenvalue weighted by molar-refractivity contribution is -0.142. The van der Waals surface area contributed by atoms with Crippen LogP contribution in [0.4, 0.5) is 4.79 Å². The lowest BCUT2D eigenvalue weighted by atomic mass is 9.94. The van der Waals surface area contributed by atoms with E-state index in [0.29, 0.717) is 24.9 Å². The van der Waals surface area contributed by atoms with Gasteiger partial charge < -0.3 is 15.3 Å². The fourth-order valence-corrected chi connectivity index (χ4v) is 3.49. The van der Waals surface area contributed by atoms with E-state index in [1.807, 2.05) is 0 Å². The van der Waals surface area contributed by atoms with Gasteiger partial charge >= 0.3 is 12.0 Å². The van der Waals surface area contributed by atoms with Crippen molar-refractivity contribution in [3.8, 4) is 0 Å². The summed E-state index contributed by atoms with van der Waals surface area (Å²) < 4.78 is 0. The first kappa shape index (κ1) is 11.8. The van der Waals surface area contributed by atoms with Gasteiger partial charge in [-0.05, 0) is 43.4 Å². The molecular formula is C13H20N2O3. The van der Waals surface area contributed by atoms with Crippen LogP contribution in [0.1, 0.15) is 32.1 Å². The van der Waals surface area contributed by atoms with Gasteiger partial charge in [0.05, 0.1) is 0 Å². The number of rotatable bonds is 3. The van der Waals surface area contributed by atoms with Crippen LogP contribution >= 0.6 is 0 Å². The normalized spacial score (nSPS) is 34.4. The topological polar surface area (TPSA) is 69.6 Å². The smallest absolute Gasteiger partial charge is 0.326 e. The first-order valence-electron chi connectivity index (χ1n) is 6.94. The largest absolute Gasteiger partial charge is 0.480 e. The molecule has 0 aromatic carbocycles. The summed E-state index contributed by atoms with van der Waals surface area (Å²) in [4.78, 5) is 25.0. The first-order chi connectivity index (χ1) is 8.66. The molecule has 1 heterocycles. The van der Waals surface area contributed by atoms with E-state index in [-0.39, 0.29) is 11.9 Å². The predicted molar refractivity (Wildman–Crippen MR) is 65.1 cm³/mol. The Hall–Kier alpha value is -1.26. The van der Waals surface area contributed by atoms with Gasteiger partial charge in [0.15, 0.2) is 0 Å². The number of carboxylic acids is 1. The van der Waals surface area contributed by atoms with Crippen LogP contribution in [0.15, 0.2) is 0 Å². The second-order valence-electron chi connectivity index (χ2n) is 5.92. The lowest BCUT2D eigenvalue weighted by Gasteiger charge is -2.24. The number of fused-ring (bicyclic) bond motifs is 1. The van der Waals surface area contributed by atoms with Crippen molar-refractivity contribution in [2.24, 2.45) is 17.8 Å². The van der Waals surface area contributed by atoms with E-state index >= 15 is 0 Å². The highest BCUT2D eigenvalue weighted by Crippen LogP contribution is 2.42. The summed E-state index contributed by atoms with van der Waals surface area (Å²) in [6.45, 7) is 1.33. The summed E-state index contributed by atoms with van der Waals surface area (Å²) in [7, 11) is 0. The van der Waals surface area contributed by atoms with Crippen molar-refractivity contribution < 1.29 is 14.7 Å². The molecule has 100 valence electrons. The molecule has 3 unspecified atom stereocenters. The number of amides is 2. The number of carbonyl (C=O) groups is 2. The van der Waals surface area contributed by atoms with Gasteiger partial charge in [0, 0.05) is 13.1 Å². The zero-order valence-electron chi connectivity index (χ0n) is 10.5. The van der Waals surface area contributed by atoms with Crippen LogP contribution in [0.3, 0.4) is 0 Å². The van der Waals surface area contributed by atoms with E-state index in [1.54, 1.807) is 4.90 Å². The molecule has 2 N–H and O–H groups in total. The molecule has 2 amide bonds. The highest BCUT2D eigenvalue weighted by molar-refractivity contribution is 5.83. The van der Waals surface area contributed by atoms with Crippen molar-refractivity contribution in [2.75, 3.05) is 13.1 Å². The third kappa shape index (κ3) is 2.06. The molecule has 18 heavy (non-hydrogen) atoms. The molecule has 1 aliphatic heterocycles. The molecule has 0 aromatic rings. The number of hydrogen-bond acceptors (Lipinski definition) is 2. The van der Waals surface area contributed by atoms with Gasteiger partial charge in [0.1, 0.15) is 6.04 Å². The molecule has 5 nitrogen and oxygen atoms in total. The monoisotopic (exact) mass is 252 g/mol. The van der Waals surface area contributed by atoms with Crippen LogP contribution in [0, 0.1) is 17.8 Å². The Morgan fingerprint density at radius 1 is 1.22 bits per heavy atom. The van der Waals surface area contributed by atoms with Crippen molar-refractivity contribution >= 4 is 12.0 Å². The van der Waals surface area contributed by atoms with Crippen LogP contribution in [-0.4, -0.2) is 41.1 Å². The Bertz CT molecular complexity index is 367. The molecule has 3 rings (SSSR count). The fourth-order valence-electron chi connectivity index (χ4n) is 3.49. The molecule has 0 bridgehead atoms. The van der Waals surface area contributed by atoms with Crippen LogP contribution < -0.4 is 5.32 Å². The van der Waals surface area contributed by atoms with Gasteiger partial charge in [-0.2, -0.15) is 0 Å². The van der Waals surface area contributed by atoms with Crippen LogP contribution in [0.25, 0.3) is 0 Å². The number of carbonyl (C=O) groups excluding carboxylic acids is 1. The van der Waals surface area contributed by atoms with Gasteiger partial charge in [0.25, 0.3) is 0 Å². The number of hydrogen-bond donors (Lipinski definition) is 2. The summed E-state index contributed by atoms with van der Waals surface area (Å²) in [5.41, 5.74) is 0. The number of likely N-dealkylation sites (tertiary alicyclic amines) is 1. The molecule has 2 saturated carbocycles. The molecule has 3 fully saturated rings. The number of nitrogens with zero attached hydrogens (tertiary/aromatic N) is 1. The maximum atomic E-state index is 12.1. The summed E-state index contributed by atoms with van der Waals surface area (Å²) in [6, 6.07) is -0.777. The molecule has 3 aliphatic rings. The Balaban J connectivity index is 1.65. The highest BCUT2D eigenvalue weighted by atomic mass is 16.4. The van der Waals surface area contributed by atoms with Gasteiger partial charge in [-0.1, -0.05) is 6.42 Å². The van der Waals surface area contributed by atoms with Crippen LogP contribution in [0.5, 0.6) is 0 Å². The molecular weight excluding hydrogens is 232 g/mol. The van der Waals surface area contributed by atoms with Crippen LogP contribution in [-0.2, 0) is 4.79 Å². The summed E-state index contributed by atoms with van der Waals surface area (Å²) in [6.07, 6.45) is 5.51. The average molecular weight is 252 g/mol. The fraction of sp³-hybridized carbons (Fsp3) is 0.846. The van der Waals surface area contributed by atoms with Gasteiger partial charge in [-0.15, -0.1) is 0 Å².